The van der Waals surface area contributed by atoms with Gasteiger partial charge in [0.05, 0.1) is 24.2 Å². The Balaban J connectivity index is 2.27. The van der Waals surface area contributed by atoms with Crippen molar-refractivity contribution in [3.05, 3.63) is 12.0 Å². The normalized spacial score (nSPS) is 13.0. The van der Waals surface area contributed by atoms with Crippen LogP contribution in [-0.4, -0.2) is 55.2 Å². The number of aryl methyl sites for hydroxylation is 1. The number of aromatic nitrogens is 4. The molecule has 144 valence electrons. The number of hydrogen-bond donors (Lipinski definition) is 0. The zero-order valence-electron chi connectivity index (χ0n) is 16.7. The molecule has 0 fully saturated rings. The molecule has 0 aromatic carbocycles. The third-order valence-corrected chi connectivity index (χ3v) is 4.65. The highest BCUT2D eigenvalue weighted by Crippen LogP contribution is 2.24. The summed E-state index contributed by atoms with van der Waals surface area (Å²) < 4.78 is 7.37. The van der Waals surface area contributed by atoms with Crippen molar-refractivity contribution in [2.45, 2.75) is 71.2 Å². The number of nitrogens with zero attached hydrogens (tertiary/aromatic N) is 5. The van der Waals surface area contributed by atoms with Crippen molar-refractivity contribution >= 4 is 28.9 Å². The van der Waals surface area contributed by atoms with E-state index < -0.39 is 5.60 Å². The van der Waals surface area contributed by atoms with Crippen LogP contribution in [0.5, 0.6) is 0 Å². The topological polar surface area (TPSA) is 73.1 Å². The second kappa shape index (κ2) is 8.24. The molecule has 0 saturated heterocycles. The number of fused-ring (bicyclic) bond motifs is 1. The van der Waals surface area contributed by atoms with Gasteiger partial charge in [-0.3, -0.25) is 0 Å². The summed E-state index contributed by atoms with van der Waals surface area (Å²) >= 11 is 1.59. The maximum Gasteiger partial charge on any atom is 0.410 e. The van der Waals surface area contributed by atoms with E-state index >= 15 is 0 Å². The fraction of sp³-hybridized carbons (Fsp3) is 0.667. The molecular weight excluding hydrogens is 350 g/mol. The SMILES string of the molecule is CCc1nc(SC)c2cnn(CC(C)N(CC)C(=O)OC(C)(C)C)c2n1. The molecule has 0 aliphatic rings. The van der Waals surface area contributed by atoms with Gasteiger partial charge in [-0.05, 0) is 40.9 Å². The van der Waals surface area contributed by atoms with Gasteiger partial charge in [0.25, 0.3) is 0 Å². The van der Waals surface area contributed by atoms with Crippen molar-refractivity contribution in [1.82, 2.24) is 24.6 Å². The van der Waals surface area contributed by atoms with E-state index in [4.69, 9.17) is 4.74 Å². The molecule has 2 rings (SSSR count). The first kappa shape index (κ1) is 20.5. The molecule has 26 heavy (non-hydrogen) atoms. The second-order valence-corrected chi connectivity index (χ2v) is 7.98. The second-order valence-electron chi connectivity index (χ2n) is 7.18. The zero-order chi connectivity index (χ0) is 19.5. The van der Waals surface area contributed by atoms with Gasteiger partial charge in [-0.15, -0.1) is 11.8 Å². The average molecular weight is 380 g/mol. The fourth-order valence-electron chi connectivity index (χ4n) is 2.71. The van der Waals surface area contributed by atoms with Gasteiger partial charge in [0.2, 0.25) is 0 Å². The Morgan fingerprint density at radius 2 is 2.04 bits per heavy atom. The van der Waals surface area contributed by atoms with E-state index in [1.807, 2.05) is 52.5 Å². The van der Waals surface area contributed by atoms with E-state index in [9.17, 15) is 4.79 Å². The molecular formula is C18H29N5O2S. The number of rotatable bonds is 6. The molecule has 0 aliphatic carbocycles. The first-order valence-electron chi connectivity index (χ1n) is 8.96. The average Bonchev–Trinajstić information content (AvgIpc) is 2.95. The minimum absolute atomic E-state index is 0.0734. The van der Waals surface area contributed by atoms with Crippen LogP contribution in [0.15, 0.2) is 11.2 Å². The summed E-state index contributed by atoms with van der Waals surface area (Å²) in [5.41, 5.74) is 0.298. The van der Waals surface area contributed by atoms with E-state index in [1.165, 1.54) is 0 Å². The van der Waals surface area contributed by atoms with Crippen LogP contribution in [-0.2, 0) is 17.7 Å². The number of likely N-dealkylation sites (N-methyl/N-ethyl adjacent to an activating group) is 1. The van der Waals surface area contributed by atoms with Crippen molar-refractivity contribution in [1.29, 1.82) is 0 Å². The summed E-state index contributed by atoms with van der Waals surface area (Å²) in [5.74, 6) is 0.802. The van der Waals surface area contributed by atoms with Gasteiger partial charge in [-0.2, -0.15) is 5.10 Å². The zero-order valence-corrected chi connectivity index (χ0v) is 17.6. The molecule has 0 bridgehead atoms. The molecule has 2 aromatic rings. The maximum absolute atomic E-state index is 12.5. The first-order chi connectivity index (χ1) is 12.2. The Morgan fingerprint density at radius 1 is 1.35 bits per heavy atom. The number of carbonyl (C=O) groups is 1. The monoisotopic (exact) mass is 379 g/mol. The predicted octanol–water partition coefficient (Wildman–Crippen LogP) is 3.76. The summed E-state index contributed by atoms with van der Waals surface area (Å²) in [6, 6.07) is -0.0734. The van der Waals surface area contributed by atoms with E-state index in [0.717, 1.165) is 28.3 Å². The molecule has 0 radical (unpaired) electrons. The third-order valence-electron chi connectivity index (χ3n) is 3.96. The van der Waals surface area contributed by atoms with Crippen molar-refractivity contribution in [2.24, 2.45) is 0 Å². The molecule has 7 nitrogen and oxygen atoms in total. The van der Waals surface area contributed by atoms with Crippen molar-refractivity contribution in [3.63, 3.8) is 0 Å². The quantitative estimate of drug-likeness (QED) is 0.562. The van der Waals surface area contributed by atoms with Crippen LogP contribution in [0.4, 0.5) is 4.79 Å². The Morgan fingerprint density at radius 3 is 2.58 bits per heavy atom. The standard InChI is InChI=1S/C18H29N5O2S/c1-8-14-20-15-13(16(21-14)26-7)10-19-23(15)11-12(3)22(9-2)17(24)25-18(4,5)6/h10,12H,8-9,11H2,1-7H3. The van der Waals surface area contributed by atoms with Gasteiger partial charge in [0.15, 0.2) is 5.65 Å². The van der Waals surface area contributed by atoms with Crippen LogP contribution in [0, 0.1) is 0 Å². The predicted molar refractivity (Wildman–Crippen MR) is 105 cm³/mol. The van der Waals surface area contributed by atoms with Crippen LogP contribution in [0.25, 0.3) is 11.0 Å². The number of ether oxygens (including phenoxy) is 1. The number of amides is 1. The maximum atomic E-state index is 12.5. The van der Waals surface area contributed by atoms with Gasteiger partial charge in [-0.25, -0.2) is 19.4 Å². The van der Waals surface area contributed by atoms with E-state index in [2.05, 4.69) is 15.1 Å². The number of thioether (sulfide) groups is 1. The lowest BCUT2D eigenvalue weighted by Crippen LogP contribution is -2.43. The molecule has 0 saturated carbocycles. The van der Waals surface area contributed by atoms with E-state index in [0.29, 0.717) is 13.1 Å². The highest BCUT2D eigenvalue weighted by molar-refractivity contribution is 7.98. The molecule has 2 heterocycles. The van der Waals surface area contributed by atoms with Crippen LogP contribution in [0.1, 0.15) is 47.4 Å². The van der Waals surface area contributed by atoms with Crippen LogP contribution in [0.3, 0.4) is 0 Å². The lowest BCUT2D eigenvalue weighted by Gasteiger charge is -2.30. The Hall–Kier alpha value is -1.83. The van der Waals surface area contributed by atoms with Crippen molar-refractivity contribution in [2.75, 3.05) is 12.8 Å². The van der Waals surface area contributed by atoms with Crippen LogP contribution < -0.4 is 0 Å². The minimum Gasteiger partial charge on any atom is -0.444 e. The number of carbonyl (C=O) groups excluding carboxylic acids is 1. The molecule has 0 N–H and O–H groups in total. The van der Waals surface area contributed by atoms with Gasteiger partial charge >= 0.3 is 6.09 Å². The largest absolute Gasteiger partial charge is 0.444 e. The molecule has 0 spiro atoms. The van der Waals surface area contributed by atoms with Crippen LogP contribution >= 0.6 is 11.8 Å². The van der Waals surface area contributed by atoms with Crippen LogP contribution in [0.2, 0.25) is 0 Å². The Labute approximate surface area is 159 Å². The van der Waals surface area contributed by atoms with Crippen molar-refractivity contribution in [3.8, 4) is 0 Å². The lowest BCUT2D eigenvalue weighted by atomic mass is 10.2. The molecule has 2 aromatic heterocycles. The van der Waals surface area contributed by atoms with Gasteiger partial charge in [0, 0.05) is 13.0 Å². The van der Waals surface area contributed by atoms with Gasteiger partial charge < -0.3 is 9.64 Å². The number of hydrogen-bond acceptors (Lipinski definition) is 6. The third kappa shape index (κ3) is 4.66. The Bertz CT molecular complexity index is 769. The molecule has 1 amide bonds. The first-order valence-corrected chi connectivity index (χ1v) is 10.2. The lowest BCUT2D eigenvalue weighted by molar-refractivity contribution is 0.0172. The molecule has 0 aliphatic heterocycles. The fourth-order valence-corrected chi connectivity index (χ4v) is 3.27. The smallest absolute Gasteiger partial charge is 0.410 e. The van der Waals surface area contributed by atoms with E-state index in [1.54, 1.807) is 22.9 Å². The highest BCUT2D eigenvalue weighted by atomic mass is 32.2. The molecule has 1 atom stereocenters. The van der Waals surface area contributed by atoms with Gasteiger partial charge in [-0.1, -0.05) is 6.92 Å². The van der Waals surface area contributed by atoms with Gasteiger partial charge in [0.1, 0.15) is 16.5 Å². The summed E-state index contributed by atoms with van der Waals surface area (Å²) in [6.45, 7) is 12.7. The summed E-state index contributed by atoms with van der Waals surface area (Å²) in [4.78, 5) is 23.4. The molecule has 8 heteroatoms. The van der Waals surface area contributed by atoms with E-state index in [-0.39, 0.29) is 12.1 Å². The molecule has 1 unspecified atom stereocenters. The highest BCUT2D eigenvalue weighted by Gasteiger charge is 2.26. The Kier molecular flexibility index (Phi) is 6.49. The summed E-state index contributed by atoms with van der Waals surface area (Å²) in [6.07, 6.45) is 4.26. The minimum atomic E-state index is -0.515. The summed E-state index contributed by atoms with van der Waals surface area (Å²) in [7, 11) is 0. The summed E-state index contributed by atoms with van der Waals surface area (Å²) in [5, 5.41) is 6.37. The van der Waals surface area contributed by atoms with Crippen molar-refractivity contribution < 1.29 is 9.53 Å².